The zero-order valence-corrected chi connectivity index (χ0v) is 9.62. The zero-order valence-electron chi connectivity index (χ0n) is 8.80. The SMILES string of the molecule is N#Cc1c(OCC(F)(F)F)nsc1OCC(F)(F)F. The number of halogens is 6. The Balaban J connectivity index is 2.76. The summed E-state index contributed by atoms with van der Waals surface area (Å²) in [5.74, 6) is -0.706. The molecule has 0 atom stereocenters. The van der Waals surface area contributed by atoms with Crippen LogP contribution in [0.15, 0.2) is 0 Å². The monoisotopic (exact) mass is 306 g/mol. The van der Waals surface area contributed by atoms with Crippen molar-refractivity contribution in [2.75, 3.05) is 13.2 Å². The smallest absolute Gasteiger partial charge is 0.422 e. The van der Waals surface area contributed by atoms with Gasteiger partial charge in [0.15, 0.2) is 18.8 Å². The van der Waals surface area contributed by atoms with Crippen LogP contribution in [0.25, 0.3) is 0 Å². The highest BCUT2D eigenvalue weighted by Gasteiger charge is 2.32. The molecule has 11 heteroatoms. The maximum Gasteiger partial charge on any atom is 0.422 e. The summed E-state index contributed by atoms with van der Waals surface area (Å²) in [5, 5.41) is 8.10. The minimum absolute atomic E-state index is 0.305. The number of nitrogens with zero attached hydrogens (tertiary/aromatic N) is 2. The normalized spacial score (nSPS) is 12.1. The van der Waals surface area contributed by atoms with Crippen molar-refractivity contribution >= 4 is 11.5 Å². The lowest BCUT2D eigenvalue weighted by molar-refractivity contribution is -0.154. The molecule has 0 N–H and O–H groups in total. The zero-order chi connectivity index (χ0) is 14.7. The van der Waals surface area contributed by atoms with Gasteiger partial charge in [0.2, 0.25) is 10.9 Å². The molecule has 1 rings (SSSR count). The third kappa shape index (κ3) is 5.21. The van der Waals surface area contributed by atoms with Gasteiger partial charge in [-0.2, -0.15) is 36.0 Å². The van der Waals surface area contributed by atoms with Crippen molar-refractivity contribution in [3.63, 3.8) is 0 Å². The van der Waals surface area contributed by atoms with Gasteiger partial charge in [-0.1, -0.05) is 0 Å². The number of alkyl halides is 6. The molecule has 1 aromatic rings. The highest BCUT2D eigenvalue weighted by molar-refractivity contribution is 7.08. The van der Waals surface area contributed by atoms with Crippen LogP contribution >= 0.6 is 11.5 Å². The van der Waals surface area contributed by atoms with E-state index >= 15 is 0 Å². The van der Waals surface area contributed by atoms with Gasteiger partial charge < -0.3 is 9.47 Å². The molecule has 0 bridgehead atoms. The van der Waals surface area contributed by atoms with Gasteiger partial charge in [0.05, 0.1) is 0 Å². The number of hydrogen-bond acceptors (Lipinski definition) is 5. The molecule has 0 aromatic carbocycles. The number of nitriles is 1. The molecular formula is C8H4F6N2O2S. The summed E-state index contributed by atoms with van der Waals surface area (Å²) in [4.78, 5) is 0. The second-order valence-corrected chi connectivity index (χ2v) is 3.81. The van der Waals surface area contributed by atoms with Gasteiger partial charge in [-0.25, -0.2) is 0 Å². The molecule has 0 aliphatic heterocycles. The van der Waals surface area contributed by atoms with Crippen molar-refractivity contribution in [1.29, 1.82) is 5.26 Å². The fourth-order valence-corrected chi connectivity index (χ4v) is 1.50. The molecule has 0 aliphatic rings. The third-order valence-electron chi connectivity index (χ3n) is 1.48. The second kappa shape index (κ2) is 5.52. The molecule has 0 saturated carbocycles. The number of hydrogen-bond donors (Lipinski definition) is 0. The molecule has 0 amide bonds. The Morgan fingerprint density at radius 3 is 2.05 bits per heavy atom. The van der Waals surface area contributed by atoms with Crippen LogP contribution in [0.2, 0.25) is 0 Å². The molecule has 1 heterocycles. The molecule has 19 heavy (non-hydrogen) atoms. The van der Waals surface area contributed by atoms with E-state index in [1.807, 2.05) is 0 Å². The molecule has 0 radical (unpaired) electrons. The lowest BCUT2D eigenvalue weighted by Crippen LogP contribution is -2.20. The van der Waals surface area contributed by atoms with Gasteiger partial charge >= 0.3 is 12.4 Å². The van der Waals surface area contributed by atoms with Crippen LogP contribution in [0.5, 0.6) is 10.9 Å². The summed E-state index contributed by atoms with van der Waals surface area (Å²) in [5.41, 5.74) is -0.599. The first-order valence-corrected chi connectivity index (χ1v) is 5.18. The van der Waals surface area contributed by atoms with Gasteiger partial charge in [0.1, 0.15) is 6.07 Å². The van der Waals surface area contributed by atoms with E-state index in [0.29, 0.717) is 11.5 Å². The summed E-state index contributed by atoms with van der Waals surface area (Å²) in [6.45, 7) is -3.38. The average Bonchev–Trinajstić information content (AvgIpc) is 2.63. The lowest BCUT2D eigenvalue weighted by atomic mass is 10.4. The molecule has 0 saturated heterocycles. The molecule has 0 spiro atoms. The molecule has 4 nitrogen and oxygen atoms in total. The van der Waals surface area contributed by atoms with Crippen LogP contribution < -0.4 is 9.47 Å². The predicted octanol–water partition coefficient (Wildman–Crippen LogP) is 2.90. The van der Waals surface area contributed by atoms with Crippen molar-refractivity contribution in [3.8, 4) is 17.0 Å². The topological polar surface area (TPSA) is 55.1 Å². The van der Waals surface area contributed by atoms with Crippen molar-refractivity contribution in [2.24, 2.45) is 0 Å². The van der Waals surface area contributed by atoms with Gasteiger partial charge in [-0.15, -0.1) is 0 Å². The van der Waals surface area contributed by atoms with Crippen LogP contribution in [0.1, 0.15) is 5.56 Å². The van der Waals surface area contributed by atoms with E-state index in [1.54, 1.807) is 0 Å². The maximum atomic E-state index is 11.9. The van der Waals surface area contributed by atoms with E-state index in [-0.39, 0.29) is 0 Å². The molecule has 0 fully saturated rings. The predicted molar refractivity (Wildman–Crippen MR) is 49.9 cm³/mol. The fraction of sp³-hybridized carbons (Fsp3) is 0.500. The minimum Gasteiger partial charge on any atom is -0.472 e. The van der Waals surface area contributed by atoms with E-state index < -0.39 is 42.1 Å². The quantitative estimate of drug-likeness (QED) is 0.803. The lowest BCUT2D eigenvalue weighted by Gasteiger charge is -2.08. The van der Waals surface area contributed by atoms with Crippen molar-refractivity contribution < 1.29 is 35.8 Å². The van der Waals surface area contributed by atoms with Crippen LogP contribution in [-0.4, -0.2) is 29.9 Å². The average molecular weight is 306 g/mol. The summed E-state index contributed by atoms with van der Waals surface area (Å²) < 4.78 is 83.0. The van der Waals surface area contributed by atoms with Gasteiger partial charge in [0.25, 0.3) is 0 Å². The van der Waals surface area contributed by atoms with Crippen molar-refractivity contribution in [1.82, 2.24) is 4.37 Å². The van der Waals surface area contributed by atoms with Gasteiger partial charge in [0, 0.05) is 11.5 Å². The first-order chi connectivity index (χ1) is 8.62. The first kappa shape index (κ1) is 15.4. The van der Waals surface area contributed by atoms with Gasteiger partial charge in [-0.3, -0.25) is 0 Å². The van der Waals surface area contributed by atoms with E-state index in [4.69, 9.17) is 5.26 Å². The number of ether oxygens (including phenoxy) is 2. The van der Waals surface area contributed by atoms with Crippen LogP contribution in [0.3, 0.4) is 0 Å². The highest BCUT2D eigenvalue weighted by atomic mass is 32.1. The van der Waals surface area contributed by atoms with E-state index in [9.17, 15) is 26.3 Å². The fourth-order valence-electron chi connectivity index (χ4n) is 0.850. The van der Waals surface area contributed by atoms with Crippen LogP contribution in [0, 0.1) is 11.3 Å². The number of rotatable bonds is 4. The van der Waals surface area contributed by atoms with E-state index in [0.717, 1.165) is 0 Å². The summed E-state index contributed by atoms with van der Waals surface area (Å²) in [6.07, 6.45) is -9.28. The Labute approximate surface area is 106 Å². The standard InChI is InChI=1S/C8H4F6N2O2S/c9-7(10,11)2-17-5-4(1-15)6(19-16-5)18-3-8(12,13)14/h2-3H2. The highest BCUT2D eigenvalue weighted by Crippen LogP contribution is 2.33. The molecule has 0 unspecified atom stereocenters. The Kier molecular flexibility index (Phi) is 4.46. The minimum atomic E-state index is -4.65. The summed E-state index contributed by atoms with van der Waals surface area (Å²) in [7, 11) is 0. The van der Waals surface area contributed by atoms with E-state index in [1.165, 1.54) is 6.07 Å². The third-order valence-corrected chi connectivity index (χ3v) is 2.23. The van der Waals surface area contributed by atoms with Gasteiger partial charge in [-0.05, 0) is 0 Å². The summed E-state index contributed by atoms with van der Waals surface area (Å²) in [6, 6.07) is 1.38. The largest absolute Gasteiger partial charge is 0.472 e. The maximum absolute atomic E-state index is 11.9. The molecular weight excluding hydrogens is 302 g/mol. The summed E-state index contributed by atoms with van der Waals surface area (Å²) >= 11 is 0.305. The van der Waals surface area contributed by atoms with Crippen molar-refractivity contribution in [2.45, 2.75) is 12.4 Å². The first-order valence-electron chi connectivity index (χ1n) is 4.41. The molecule has 0 aliphatic carbocycles. The Bertz CT molecular complexity index is 440. The van der Waals surface area contributed by atoms with Crippen LogP contribution in [-0.2, 0) is 0 Å². The Hall–Kier alpha value is -1.70. The Morgan fingerprint density at radius 2 is 1.58 bits per heavy atom. The van der Waals surface area contributed by atoms with Crippen molar-refractivity contribution in [3.05, 3.63) is 5.56 Å². The van der Waals surface area contributed by atoms with Crippen LogP contribution in [0.4, 0.5) is 26.3 Å². The molecule has 1 aromatic heterocycles. The number of aromatic nitrogens is 1. The molecule has 106 valence electrons. The van der Waals surface area contributed by atoms with E-state index in [2.05, 4.69) is 13.8 Å². The second-order valence-electron chi connectivity index (χ2n) is 3.07. The Morgan fingerprint density at radius 1 is 1.05 bits per heavy atom.